The predicted octanol–water partition coefficient (Wildman–Crippen LogP) is 0.855. The number of nitrogens with one attached hydrogen (secondary N) is 2. The molecular formula is C10H20N2OS. The first kappa shape index (κ1) is 11.9. The van der Waals surface area contributed by atoms with Crippen molar-refractivity contribution in [1.29, 1.82) is 0 Å². The molecule has 0 radical (unpaired) electrons. The van der Waals surface area contributed by atoms with E-state index in [1.165, 1.54) is 12.8 Å². The van der Waals surface area contributed by atoms with Crippen LogP contribution in [0.25, 0.3) is 0 Å². The fourth-order valence-corrected chi connectivity index (χ4v) is 2.13. The Morgan fingerprint density at radius 1 is 1.64 bits per heavy atom. The van der Waals surface area contributed by atoms with Crippen LogP contribution >= 0.6 is 11.8 Å². The standard InChI is InChI=1S/C10H20N2OS/c1-10(4-3-5-11-7-10)8-12-9(13)6-14-2/h11H,3-8H2,1-2H3,(H,12,13). The lowest BCUT2D eigenvalue weighted by Gasteiger charge is -2.34. The molecule has 82 valence electrons. The summed E-state index contributed by atoms with van der Waals surface area (Å²) in [5, 5.41) is 6.37. The number of amides is 1. The molecule has 0 saturated carbocycles. The van der Waals surface area contributed by atoms with E-state index >= 15 is 0 Å². The third kappa shape index (κ3) is 3.88. The first-order valence-electron chi connectivity index (χ1n) is 5.13. The maximum absolute atomic E-state index is 11.3. The van der Waals surface area contributed by atoms with E-state index in [1.54, 1.807) is 11.8 Å². The van der Waals surface area contributed by atoms with Crippen LogP contribution in [-0.4, -0.2) is 37.6 Å². The summed E-state index contributed by atoms with van der Waals surface area (Å²) in [6.45, 7) is 5.18. The van der Waals surface area contributed by atoms with Gasteiger partial charge in [0, 0.05) is 13.1 Å². The van der Waals surface area contributed by atoms with Crippen LogP contribution in [-0.2, 0) is 4.79 Å². The maximum atomic E-state index is 11.3. The van der Waals surface area contributed by atoms with Crippen molar-refractivity contribution in [2.75, 3.05) is 31.6 Å². The summed E-state index contributed by atoms with van der Waals surface area (Å²) in [7, 11) is 0. The number of carbonyl (C=O) groups is 1. The molecule has 1 unspecified atom stereocenters. The fourth-order valence-electron chi connectivity index (χ4n) is 1.76. The summed E-state index contributed by atoms with van der Waals surface area (Å²) < 4.78 is 0. The lowest BCUT2D eigenvalue weighted by Crippen LogP contribution is -2.46. The van der Waals surface area contributed by atoms with Gasteiger partial charge in [-0.25, -0.2) is 0 Å². The minimum atomic E-state index is 0.157. The van der Waals surface area contributed by atoms with Crippen molar-refractivity contribution in [3.63, 3.8) is 0 Å². The summed E-state index contributed by atoms with van der Waals surface area (Å²) in [6, 6.07) is 0. The zero-order valence-electron chi connectivity index (χ0n) is 9.06. The molecule has 14 heavy (non-hydrogen) atoms. The van der Waals surface area contributed by atoms with Gasteiger partial charge in [-0.2, -0.15) is 11.8 Å². The molecule has 1 rings (SSSR count). The van der Waals surface area contributed by atoms with E-state index < -0.39 is 0 Å². The highest BCUT2D eigenvalue weighted by molar-refractivity contribution is 7.99. The molecule has 1 atom stereocenters. The van der Waals surface area contributed by atoms with Gasteiger partial charge in [-0.15, -0.1) is 0 Å². The predicted molar refractivity (Wildman–Crippen MR) is 61.6 cm³/mol. The topological polar surface area (TPSA) is 41.1 Å². The van der Waals surface area contributed by atoms with Crippen LogP contribution in [0.2, 0.25) is 0 Å². The lowest BCUT2D eigenvalue weighted by atomic mass is 9.83. The van der Waals surface area contributed by atoms with Gasteiger partial charge in [-0.05, 0) is 31.1 Å². The Balaban J connectivity index is 2.24. The number of piperidine rings is 1. The number of hydrogen-bond acceptors (Lipinski definition) is 3. The Morgan fingerprint density at radius 2 is 2.43 bits per heavy atom. The fraction of sp³-hybridized carbons (Fsp3) is 0.900. The van der Waals surface area contributed by atoms with E-state index in [0.717, 1.165) is 19.6 Å². The number of carbonyl (C=O) groups excluding carboxylic acids is 1. The van der Waals surface area contributed by atoms with Gasteiger partial charge in [0.2, 0.25) is 5.91 Å². The summed E-state index contributed by atoms with van der Waals surface area (Å²) >= 11 is 1.57. The van der Waals surface area contributed by atoms with E-state index in [4.69, 9.17) is 0 Å². The largest absolute Gasteiger partial charge is 0.355 e. The Morgan fingerprint density at radius 3 is 3.00 bits per heavy atom. The normalized spacial score (nSPS) is 27.3. The minimum Gasteiger partial charge on any atom is -0.355 e. The van der Waals surface area contributed by atoms with Gasteiger partial charge in [-0.1, -0.05) is 6.92 Å². The van der Waals surface area contributed by atoms with Crippen LogP contribution in [0.4, 0.5) is 0 Å². The molecule has 1 heterocycles. The van der Waals surface area contributed by atoms with Crippen molar-refractivity contribution in [3.8, 4) is 0 Å². The van der Waals surface area contributed by atoms with E-state index in [0.29, 0.717) is 5.75 Å². The molecule has 1 aliphatic heterocycles. The van der Waals surface area contributed by atoms with Gasteiger partial charge >= 0.3 is 0 Å². The summed E-state index contributed by atoms with van der Waals surface area (Å²) in [6.07, 6.45) is 4.37. The lowest BCUT2D eigenvalue weighted by molar-refractivity contribution is -0.119. The van der Waals surface area contributed by atoms with Crippen molar-refractivity contribution >= 4 is 17.7 Å². The van der Waals surface area contributed by atoms with Crippen molar-refractivity contribution in [2.24, 2.45) is 5.41 Å². The first-order chi connectivity index (χ1) is 6.66. The van der Waals surface area contributed by atoms with Crippen LogP contribution < -0.4 is 10.6 Å². The number of hydrogen-bond donors (Lipinski definition) is 2. The number of rotatable bonds is 4. The Kier molecular flexibility index (Phi) is 4.75. The van der Waals surface area contributed by atoms with Gasteiger partial charge < -0.3 is 10.6 Å². The Bertz CT molecular complexity index is 191. The van der Waals surface area contributed by atoms with E-state index in [-0.39, 0.29) is 11.3 Å². The highest BCUT2D eigenvalue weighted by Crippen LogP contribution is 2.23. The van der Waals surface area contributed by atoms with Gasteiger partial charge in [0.1, 0.15) is 0 Å². The van der Waals surface area contributed by atoms with Crippen LogP contribution in [0.3, 0.4) is 0 Å². The molecule has 1 fully saturated rings. The molecular weight excluding hydrogens is 196 g/mol. The summed E-state index contributed by atoms with van der Waals surface area (Å²) in [5.41, 5.74) is 0.256. The van der Waals surface area contributed by atoms with Gasteiger partial charge in [0.05, 0.1) is 5.75 Å². The maximum Gasteiger partial charge on any atom is 0.230 e. The Hall–Kier alpha value is -0.220. The molecule has 3 nitrogen and oxygen atoms in total. The molecule has 4 heteroatoms. The van der Waals surface area contributed by atoms with E-state index in [1.807, 2.05) is 6.26 Å². The van der Waals surface area contributed by atoms with Gasteiger partial charge in [0.25, 0.3) is 0 Å². The van der Waals surface area contributed by atoms with Crippen molar-refractivity contribution in [1.82, 2.24) is 10.6 Å². The molecule has 0 aliphatic carbocycles. The molecule has 0 aromatic rings. The SMILES string of the molecule is CSCC(=O)NCC1(C)CCCNC1. The van der Waals surface area contributed by atoms with Crippen molar-refractivity contribution in [3.05, 3.63) is 0 Å². The van der Waals surface area contributed by atoms with E-state index in [9.17, 15) is 4.79 Å². The first-order valence-corrected chi connectivity index (χ1v) is 6.52. The van der Waals surface area contributed by atoms with Gasteiger partial charge in [0.15, 0.2) is 0 Å². The zero-order valence-corrected chi connectivity index (χ0v) is 9.88. The molecule has 1 amide bonds. The second-order valence-electron chi connectivity index (χ2n) is 4.30. The van der Waals surface area contributed by atoms with Crippen LogP contribution in [0.15, 0.2) is 0 Å². The van der Waals surface area contributed by atoms with Crippen LogP contribution in [0, 0.1) is 5.41 Å². The molecule has 0 aromatic carbocycles. The minimum absolute atomic E-state index is 0.157. The molecule has 2 N–H and O–H groups in total. The smallest absolute Gasteiger partial charge is 0.230 e. The van der Waals surface area contributed by atoms with Crippen LogP contribution in [0.5, 0.6) is 0 Å². The number of thioether (sulfide) groups is 1. The summed E-state index contributed by atoms with van der Waals surface area (Å²) in [4.78, 5) is 11.3. The molecule has 0 spiro atoms. The zero-order chi connectivity index (χ0) is 10.4. The van der Waals surface area contributed by atoms with Crippen molar-refractivity contribution in [2.45, 2.75) is 19.8 Å². The molecule has 1 saturated heterocycles. The molecule has 1 aliphatic rings. The summed E-state index contributed by atoms with van der Waals surface area (Å²) in [5.74, 6) is 0.730. The van der Waals surface area contributed by atoms with Crippen LogP contribution in [0.1, 0.15) is 19.8 Å². The highest BCUT2D eigenvalue weighted by Gasteiger charge is 2.26. The van der Waals surface area contributed by atoms with Crippen molar-refractivity contribution < 1.29 is 4.79 Å². The quantitative estimate of drug-likeness (QED) is 0.732. The van der Waals surface area contributed by atoms with E-state index in [2.05, 4.69) is 17.6 Å². The molecule has 0 bridgehead atoms. The average molecular weight is 216 g/mol. The second-order valence-corrected chi connectivity index (χ2v) is 5.17. The van der Waals surface area contributed by atoms with Gasteiger partial charge in [-0.3, -0.25) is 4.79 Å². The third-order valence-corrected chi connectivity index (χ3v) is 3.22. The monoisotopic (exact) mass is 216 g/mol. The third-order valence-electron chi connectivity index (χ3n) is 2.67. The second kappa shape index (κ2) is 5.61. The Labute approximate surface area is 90.4 Å². The average Bonchev–Trinajstić information content (AvgIpc) is 2.17. The highest BCUT2D eigenvalue weighted by atomic mass is 32.2. The molecule has 0 aromatic heterocycles.